The summed E-state index contributed by atoms with van der Waals surface area (Å²) in [6, 6.07) is 3.32. The summed E-state index contributed by atoms with van der Waals surface area (Å²) in [6.45, 7) is 7.56. The van der Waals surface area contributed by atoms with Crippen LogP contribution in [0, 0.1) is 19.8 Å². The average Bonchev–Trinajstić information content (AvgIpc) is 2.33. The smallest absolute Gasteiger partial charge is 0.336 e. The molecule has 4 nitrogen and oxygen atoms in total. The molecule has 0 saturated heterocycles. The Balaban J connectivity index is 3.04. The first-order chi connectivity index (χ1) is 8.90. The number of hydrogen-bond donors (Lipinski definition) is 2. The second kappa shape index (κ2) is 6.36. The Labute approximate surface area is 113 Å². The van der Waals surface area contributed by atoms with Crippen molar-refractivity contribution in [3.8, 4) is 0 Å². The minimum absolute atomic E-state index is 0.0334. The molecule has 0 heterocycles. The second-order valence-corrected chi connectivity index (χ2v) is 4.79. The molecule has 4 heteroatoms. The van der Waals surface area contributed by atoms with Gasteiger partial charge in [-0.05, 0) is 43.9 Å². The third-order valence-corrected chi connectivity index (χ3v) is 3.42. The van der Waals surface area contributed by atoms with E-state index in [9.17, 15) is 9.59 Å². The minimum atomic E-state index is -0.976. The van der Waals surface area contributed by atoms with Gasteiger partial charge in [-0.15, -0.1) is 0 Å². The van der Waals surface area contributed by atoms with Crippen molar-refractivity contribution in [2.75, 3.05) is 5.32 Å². The molecule has 0 spiro atoms. The molecule has 0 fully saturated rings. The number of aromatic carboxylic acids is 1. The Bertz CT molecular complexity index is 490. The van der Waals surface area contributed by atoms with Gasteiger partial charge in [0.1, 0.15) is 0 Å². The van der Waals surface area contributed by atoms with Crippen molar-refractivity contribution >= 4 is 17.6 Å². The molecule has 0 bridgehead atoms. The molecule has 2 N–H and O–H groups in total. The number of carboxylic acid groups (broad SMARTS) is 1. The molecule has 0 saturated carbocycles. The highest BCUT2D eigenvalue weighted by molar-refractivity contribution is 5.96. The van der Waals surface area contributed by atoms with Gasteiger partial charge in [-0.1, -0.05) is 19.9 Å². The van der Waals surface area contributed by atoms with Gasteiger partial charge in [-0.25, -0.2) is 4.79 Å². The second-order valence-electron chi connectivity index (χ2n) is 4.79. The Kier molecular flexibility index (Phi) is 5.10. The molecule has 1 amide bonds. The van der Waals surface area contributed by atoms with Crippen LogP contribution >= 0.6 is 0 Å². The van der Waals surface area contributed by atoms with E-state index in [1.807, 2.05) is 20.8 Å². The normalized spacial score (nSPS) is 10.6. The van der Waals surface area contributed by atoms with Crippen molar-refractivity contribution in [2.45, 2.75) is 40.5 Å². The highest BCUT2D eigenvalue weighted by Gasteiger charge is 2.17. The Hall–Kier alpha value is -1.84. The summed E-state index contributed by atoms with van der Waals surface area (Å²) in [5, 5.41) is 11.9. The molecule has 104 valence electrons. The summed E-state index contributed by atoms with van der Waals surface area (Å²) >= 11 is 0. The molecule has 0 atom stereocenters. The number of amides is 1. The van der Waals surface area contributed by atoms with Gasteiger partial charge < -0.3 is 10.4 Å². The first-order valence-electron chi connectivity index (χ1n) is 6.56. The number of benzene rings is 1. The van der Waals surface area contributed by atoms with Gasteiger partial charge in [0, 0.05) is 11.6 Å². The summed E-state index contributed by atoms with van der Waals surface area (Å²) in [4.78, 5) is 23.1. The molecule has 0 aliphatic carbocycles. The van der Waals surface area contributed by atoms with Crippen LogP contribution in [0.1, 0.15) is 48.2 Å². The lowest BCUT2D eigenvalue weighted by Crippen LogP contribution is -2.22. The maximum absolute atomic E-state index is 12.0. The predicted octanol–water partition coefficient (Wildman–Crippen LogP) is 3.38. The van der Waals surface area contributed by atoms with Crippen molar-refractivity contribution in [3.05, 3.63) is 28.8 Å². The molecule has 0 aliphatic rings. The highest BCUT2D eigenvalue weighted by atomic mass is 16.4. The topological polar surface area (TPSA) is 66.4 Å². The van der Waals surface area contributed by atoms with Gasteiger partial charge in [-0.2, -0.15) is 0 Å². The van der Waals surface area contributed by atoms with Gasteiger partial charge in [0.15, 0.2) is 0 Å². The van der Waals surface area contributed by atoms with Crippen LogP contribution in [0.5, 0.6) is 0 Å². The van der Waals surface area contributed by atoms with Crippen LogP contribution < -0.4 is 5.32 Å². The molecule has 0 aliphatic heterocycles. The van der Waals surface area contributed by atoms with Gasteiger partial charge >= 0.3 is 5.97 Å². The van der Waals surface area contributed by atoms with E-state index in [1.54, 1.807) is 13.0 Å². The predicted molar refractivity (Wildman–Crippen MR) is 75.6 cm³/mol. The molecule has 19 heavy (non-hydrogen) atoms. The largest absolute Gasteiger partial charge is 0.478 e. The maximum Gasteiger partial charge on any atom is 0.336 e. The summed E-state index contributed by atoms with van der Waals surface area (Å²) < 4.78 is 0. The van der Waals surface area contributed by atoms with E-state index in [0.29, 0.717) is 11.3 Å². The fourth-order valence-electron chi connectivity index (χ4n) is 2.11. The fraction of sp³-hybridized carbons (Fsp3) is 0.467. The Morgan fingerprint density at radius 1 is 1.16 bits per heavy atom. The number of carboxylic acids is 1. The molecule has 0 unspecified atom stereocenters. The monoisotopic (exact) mass is 263 g/mol. The van der Waals surface area contributed by atoms with Crippen LogP contribution in [-0.2, 0) is 4.79 Å². The zero-order valence-electron chi connectivity index (χ0n) is 11.9. The SMILES string of the molecule is CCC(CC)C(=O)Nc1cc(C(=O)O)c(C)cc1C. The standard InChI is InChI=1S/C15H21NO3/c1-5-11(6-2)14(17)16-13-8-12(15(18)19)9(3)7-10(13)4/h7-8,11H,5-6H2,1-4H3,(H,16,17)(H,18,19). The Morgan fingerprint density at radius 2 is 1.74 bits per heavy atom. The van der Waals surface area contributed by atoms with E-state index >= 15 is 0 Å². The van der Waals surface area contributed by atoms with Crippen molar-refractivity contribution in [3.63, 3.8) is 0 Å². The third-order valence-electron chi connectivity index (χ3n) is 3.42. The molecule has 0 aromatic heterocycles. The number of rotatable bonds is 5. The average molecular weight is 263 g/mol. The summed E-state index contributed by atoms with van der Waals surface area (Å²) in [6.07, 6.45) is 1.55. The zero-order valence-corrected chi connectivity index (χ0v) is 11.9. The van der Waals surface area contributed by atoms with Crippen molar-refractivity contribution in [1.29, 1.82) is 0 Å². The van der Waals surface area contributed by atoms with Gasteiger partial charge in [0.25, 0.3) is 0 Å². The number of carbonyl (C=O) groups is 2. The lowest BCUT2D eigenvalue weighted by atomic mass is 10.0. The molecule has 0 radical (unpaired) electrons. The molecular formula is C15H21NO3. The lowest BCUT2D eigenvalue weighted by Gasteiger charge is -2.15. The van der Waals surface area contributed by atoms with Crippen LogP contribution in [0.2, 0.25) is 0 Å². The lowest BCUT2D eigenvalue weighted by molar-refractivity contribution is -0.120. The quantitative estimate of drug-likeness (QED) is 0.855. The van der Waals surface area contributed by atoms with Crippen LogP contribution in [-0.4, -0.2) is 17.0 Å². The van der Waals surface area contributed by atoms with Crippen molar-refractivity contribution in [1.82, 2.24) is 0 Å². The zero-order chi connectivity index (χ0) is 14.6. The third kappa shape index (κ3) is 3.56. The van der Waals surface area contributed by atoms with E-state index in [4.69, 9.17) is 5.11 Å². The van der Waals surface area contributed by atoms with E-state index in [-0.39, 0.29) is 17.4 Å². The van der Waals surface area contributed by atoms with Crippen LogP contribution in [0.25, 0.3) is 0 Å². The van der Waals surface area contributed by atoms with Gasteiger partial charge in [0.2, 0.25) is 5.91 Å². The van der Waals surface area contributed by atoms with E-state index in [0.717, 1.165) is 18.4 Å². The number of nitrogens with one attached hydrogen (secondary N) is 1. The first-order valence-corrected chi connectivity index (χ1v) is 6.56. The van der Waals surface area contributed by atoms with Gasteiger partial charge in [0.05, 0.1) is 5.56 Å². The number of hydrogen-bond acceptors (Lipinski definition) is 2. The first kappa shape index (κ1) is 15.2. The van der Waals surface area contributed by atoms with E-state index in [2.05, 4.69) is 5.32 Å². The molecular weight excluding hydrogens is 242 g/mol. The fourth-order valence-corrected chi connectivity index (χ4v) is 2.11. The van der Waals surface area contributed by atoms with Crippen molar-refractivity contribution in [2.24, 2.45) is 5.92 Å². The minimum Gasteiger partial charge on any atom is -0.478 e. The number of anilines is 1. The van der Waals surface area contributed by atoms with Crippen molar-refractivity contribution < 1.29 is 14.7 Å². The van der Waals surface area contributed by atoms with Crippen LogP contribution in [0.4, 0.5) is 5.69 Å². The Morgan fingerprint density at radius 3 is 2.21 bits per heavy atom. The van der Waals surface area contributed by atoms with Gasteiger partial charge in [-0.3, -0.25) is 4.79 Å². The van der Waals surface area contributed by atoms with Crippen LogP contribution in [0.3, 0.4) is 0 Å². The summed E-state index contributed by atoms with van der Waals surface area (Å²) in [7, 11) is 0. The number of aryl methyl sites for hydroxylation is 2. The highest BCUT2D eigenvalue weighted by Crippen LogP contribution is 2.22. The van der Waals surface area contributed by atoms with Crippen LogP contribution in [0.15, 0.2) is 12.1 Å². The maximum atomic E-state index is 12.0. The summed E-state index contributed by atoms with van der Waals surface area (Å²) in [5.74, 6) is -1.06. The number of carbonyl (C=O) groups excluding carboxylic acids is 1. The molecule has 1 rings (SSSR count). The van der Waals surface area contributed by atoms with E-state index < -0.39 is 5.97 Å². The molecule has 1 aromatic carbocycles. The van der Waals surface area contributed by atoms with E-state index in [1.165, 1.54) is 6.07 Å². The summed E-state index contributed by atoms with van der Waals surface area (Å²) in [5.41, 5.74) is 2.39. The molecule has 1 aromatic rings.